The molecular formula is C9H20N2O2S. The van der Waals surface area contributed by atoms with Gasteiger partial charge in [0, 0.05) is 28.9 Å². The molecule has 3 N–H and O–H groups in total. The molecular weight excluding hydrogens is 200 g/mol. The Hall–Kier alpha value is -0.420. The van der Waals surface area contributed by atoms with Gasteiger partial charge in [-0.15, -0.1) is 0 Å². The monoisotopic (exact) mass is 220 g/mol. The zero-order chi connectivity index (χ0) is 11.1. The number of nitrogens with two attached hydrogens (primary N) is 1. The molecule has 0 fully saturated rings. The summed E-state index contributed by atoms with van der Waals surface area (Å²) in [6.45, 7) is 3.77. The van der Waals surface area contributed by atoms with Gasteiger partial charge in [0.1, 0.15) is 0 Å². The average molecular weight is 220 g/mol. The Morgan fingerprint density at radius 3 is 2.57 bits per heavy atom. The fourth-order valence-electron chi connectivity index (χ4n) is 0.950. The van der Waals surface area contributed by atoms with Crippen molar-refractivity contribution in [1.29, 1.82) is 0 Å². The maximum absolute atomic E-state index is 11.3. The first-order valence-corrected chi connectivity index (χ1v) is 6.56. The smallest absolute Gasteiger partial charge is 0.237 e. The number of hydrogen-bond acceptors (Lipinski definition) is 3. The summed E-state index contributed by atoms with van der Waals surface area (Å²) in [5.74, 6) is 0.491. The third-order valence-corrected chi connectivity index (χ3v) is 2.81. The molecule has 84 valence electrons. The molecule has 0 spiro atoms. The standard InChI is InChI=1S/C9H20N2O2S/c1-4-8(10)9(12)11-7(2)5-6-14(3)13/h7-8H,4-6,10H2,1-3H3,(H,11,12). The van der Waals surface area contributed by atoms with Crippen LogP contribution in [0, 0.1) is 0 Å². The number of carbonyl (C=O) groups excluding carboxylic acids is 1. The van der Waals surface area contributed by atoms with E-state index >= 15 is 0 Å². The quantitative estimate of drug-likeness (QED) is 0.661. The maximum Gasteiger partial charge on any atom is 0.237 e. The van der Waals surface area contributed by atoms with Crippen molar-refractivity contribution in [1.82, 2.24) is 5.32 Å². The largest absolute Gasteiger partial charge is 0.352 e. The summed E-state index contributed by atoms with van der Waals surface area (Å²) in [5, 5.41) is 2.79. The zero-order valence-corrected chi connectivity index (χ0v) is 9.89. The van der Waals surface area contributed by atoms with E-state index in [0.717, 1.165) is 6.42 Å². The van der Waals surface area contributed by atoms with Crippen LogP contribution >= 0.6 is 0 Å². The Balaban J connectivity index is 3.76. The molecule has 14 heavy (non-hydrogen) atoms. The topological polar surface area (TPSA) is 72.2 Å². The van der Waals surface area contributed by atoms with Gasteiger partial charge in [-0.2, -0.15) is 0 Å². The Kier molecular flexibility index (Phi) is 6.74. The molecule has 0 saturated heterocycles. The normalized spacial score (nSPS) is 17.1. The molecule has 3 unspecified atom stereocenters. The van der Waals surface area contributed by atoms with E-state index < -0.39 is 16.8 Å². The molecule has 0 aromatic rings. The van der Waals surface area contributed by atoms with Crippen LogP contribution in [0.5, 0.6) is 0 Å². The van der Waals surface area contributed by atoms with Crippen molar-refractivity contribution < 1.29 is 9.00 Å². The summed E-state index contributed by atoms with van der Waals surface area (Å²) in [6, 6.07) is -0.381. The number of rotatable bonds is 6. The molecule has 0 bridgehead atoms. The molecule has 3 atom stereocenters. The molecule has 0 heterocycles. The lowest BCUT2D eigenvalue weighted by molar-refractivity contribution is -0.123. The van der Waals surface area contributed by atoms with Crippen LogP contribution in [0.3, 0.4) is 0 Å². The van der Waals surface area contributed by atoms with E-state index in [9.17, 15) is 9.00 Å². The summed E-state index contributed by atoms with van der Waals surface area (Å²) in [5.41, 5.74) is 5.55. The number of hydrogen-bond donors (Lipinski definition) is 2. The Bertz CT molecular complexity index is 209. The molecule has 0 aromatic heterocycles. The van der Waals surface area contributed by atoms with Crippen molar-refractivity contribution in [2.24, 2.45) is 5.73 Å². The fourth-order valence-corrected chi connectivity index (χ4v) is 1.64. The first-order chi connectivity index (χ1) is 6.47. The van der Waals surface area contributed by atoms with Crippen LogP contribution in [0.25, 0.3) is 0 Å². The molecule has 0 rings (SSSR count). The second-order valence-electron chi connectivity index (χ2n) is 3.49. The predicted molar refractivity (Wildman–Crippen MR) is 59.4 cm³/mol. The highest BCUT2D eigenvalue weighted by atomic mass is 32.2. The number of carbonyl (C=O) groups is 1. The Labute approximate surface area is 88.1 Å². The van der Waals surface area contributed by atoms with E-state index in [2.05, 4.69) is 5.32 Å². The summed E-state index contributed by atoms with van der Waals surface area (Å²) in [6.07, 6.45) is 3.02. The van der Waals surface area contributed by atoms with Gasteiger partial charge in [0.2, 0.25) is 5.91 Å². The van der Waals surface area contributed by atoms with Crippen LogP contribution in [-0.4, -0.2) is 34.2 Å². The highest BCUT2D eigenvalue weighted by Gasteiger charge is 2.13. The van der Waals surface area contributed by atoms with Crippen LogP contribution < -0.4 is 11.1 Å². The average Bonchev–Trinajstić information content (AvgIpc) is 2.13. The van der Waals surface area contributed by atoms with Crippen LogP contribution in [-0.2, 0) is 15.6 Å². The van der Waals surface area contributed by atoms with E-state index in [-0.39, 0.29) is 11.9 Å². The molecule has 0 aliphatic rings. The highest BCUT2D eigenvalue weighted by Crippen LogP contribution is 1.94. The molecule has 0 saturated carbocycles. The second-order valence-corrected chi connectivity index (χ2v) is 5.05. The molecule has 4 nitrogen and oxygen atoms in total. The van der Waals surface area contributed by atoms with Gasteiger partial charge in [-0.25, -0.2) is 0 Å². The Morgan fingerprint density at radius 2 is 2.14 bits per heavy atom. The van der Waals surface area contributed by atoms with Crippen molar-refractivity contribution in [2.45, 2.75) is 38.8 Å². The van der Waals surface area contributed by atoms with Crippen molar-refractivity contribution in [3.05, 3.63) is 0 Å². The zero-order valence-electron chi connectivity index (χ0n) is 9.08. The summed E-state index contributed by atoms with van der Waals surface area (Å²) in [4.78, 5) is 11.3. The van der Waals surface area contributed by atoms with Crippen LogP contribution in [0.15, 0.2) is 0 Å². The molecule has 0 aliphatic heterocycles. The third kappa shape index (κ3) is 6.10. The second kappa shape index (κ2) is 6.95. The Morgan fingerprint density at radius 1 is 1.57 bits per heavy atom. The minimum atomic E-state index is -0.796. The summed E-state index contributed by atoms with van der Waals surface area (Å²) < 4.78 is 10.8. The van der Waals surface area contributed by atoms with Gasteiger partial charge in [-0.3, -0.25) is 9.00 Å². The number of nitrogens with one attached hydrogen (secondary N) is 1. The fraction of sp³-hybridized carbons (Fsp3) is 0.889. The third-order valence-electron chi connectivity index (χ3n) is 2.00. The van der Waals surface area contributed by atoms with E-state index in [1.54, 1.807) is 6.26 Å². The minimum Gasteiger partial charge on any atom is -0.352 e. The molecule has 1 amide bonds. The SMILES string of the molecule is CCC(N)C(=O)NC(C)CCS(C)=O. The van der Waals surface area contributed by atoms with E-state index in [0.29, 0.717) is 12.2 Å². The van der Waals surface area contributed by atoms with Gasteiger partial charge in [-0.05, 0) is 19.8 Å². The van der Waals surface area contributed by atoms with Crippen molar-refractivity contribution >= 4 is 16.7 Å². The lowest BCUT2D eigenvalue weighted by atomic mass is 10.2. The van der Waals surface area contributed by atoms with Crippen LogP contribution in [0.1, 0.15) is 26.7 Å². The molecule has 0 aliphatic carbocycles. The molecule has 5 heteroatoms. The van der Waals surface area contributed by atoms with E-state index in [4.69, 9.17) is 5.73 Å². The summed E-state index contributed by atoms with van der Waals surface area (Å²) in [7, 11) is -0.796. The predicted octanol–water partition coefficient (Wildman–Crippen LogP) is -0.00300. The number of amides is 1. The van der Waals surface area contributed by atoms with Gasteiger partial charge in [0.15, 0.2) is 0 Å². The van der Waals surface area contributed by atoms with E-state index in [1.807, 2.05) is 13.8 Å². The van der Waals surface area contributed by atoms with Crippen molar-refractivity contribution in [3.63, 3.8) is 0 Å². The molecule has 0 radical (unpaired) electrons. The lowest BCUT2D eigenvalue weighted by Gasteiger charge is -2.15. The van der Waals surface area contributed by atoms with Crippen LogP contribution in [0.2, 0.25) is 0 Å². The van der Waals surface area contributed by atoms with Gasteiger partial charge >= 0.3 is 0 Å². The summed E-state index contributed by atoms with van der Waals surface area (Å²) >= 11 is 0. The maximum atomic E-state index is 11.3. The minimum absolute atomic E-state index is 0.0454. The van der Waals surface area contributed by atoms with Crippen LogP contribution in [0.4, 0.5) is 0 Å². The first kappa shape index (κ1) is 13.6. The highest BCUT2D eigenvalue weighted by molar-refractivity contribution is 7.84. The van der Waals surface area contributed by atoms with Gasteiger partial charge in [0.05, 0.1) is 6.04 Å². The molecule has 0 aromatic carbocycles. The van der Waals surface area contributed by atoms with Gasteiger partial charge < -0.3 is 11.1 Å². The van der Waals surface area contributed by atoms with Gasteiger partial charge in [-0.1, -0.05) is 6.92 Å². The van der Waals surface area contributed by atoms with Crippen molar-refractivity contribution in [3.8, 4) is 0 Å². The first-order valence-electron chi connectivity index (χ1n) is 4.83. The van der Waals surface area contributed by atoms with Gasteiger partial charge in [0.25, 0.3) is 0 Å². The van der Waals surface area contributed by atoms with Crippen molar-refractivity contribution in [2.75, 3.05) is 12.0 Å². The lowest BCUT2D eigenvalue weighted by Crippen LogP contribution is -2.44. The van der Waals surface area contributed by atoms with E-state index in [1.165, 1.54) is 0 Å².